The summed E-state index contributed by atoms with van der Waals surface area (Å²) in [6, 6.07) is 21.6. The average molecular weight is 458 g/mol. The highest BCUT2D eigenvalue weighted by Crippen LogP contribution is 2.50. The average Bonchev–Trinajstić information content (AvgIpc) is 2.76. The number of aryl methyl sites for hydroxylation is 3. The van der Waals surface area contributed by atoms with Crippen molar-refractivity contribution in [1.29, 1.82) is 0 Å². The topological polar surface area (TPSA) is 53.6 Å². The quantitative estimate of drug-likeness (QED) is 0.515. The number of nitrogens with zero attached hydrogens (tertiary/aromatic N) is 1. The number of para-hydroxylation sites is 2. The zero-order valence-electron chi connectivity index (χ0n) is 19.2. The van der Waals surface area contributed by atoms with Gasteiger partial charge in [-0.05, 0) is 69.2 Å². The molecule has 5 nitrogen and oxygen atoms in total. The van der Waals surface area contributed by atoms with Crippen LogP contribution in [0.25, 0.3) is 0 Å². The van der Waals surface area contributed by atoms with E-state index in [-0.39, 0.29) is 11.9 Å². The molecule has 2 bridgehead atoms. The van der Waals surface area contributed by atoms with Gasteiger partial charge in [0.1, 0.15) is 11.7 Å². The number of hydrogen-bond acceptors (Lipinski definition) is 3. The standard InChI is InChI=1S/C27H27N3O2S/c1-16-13-14-20(18(3)15-16)28-25(31)23-24-19-10-6-8-12-22(19)32-27(23,4)30(26(33)29-24)21-11-7-5-9-17(21)2/h5-15,23-24H,1-4H3,(H,28,31)(H,29,33). The number of anilines is 2. The van der Waals surface area contributed by atoms with Crippen LogP contribution in [-0.2, 0) is 4.79 Å². The smallest absolute Gasteiger partial charge is 0.236 e. The molecule has 3 aromatic carbocycles. The van der Waals surface area contributed by atoms with Crippen molar-refractivity contribution in [3.63, 3.8) is 0 Å². The lowest BCUT2D eigenvalue weighted by Crippen LogP contribution is -2.72. The van der Waals surface area contributed by atoms with Gasteiger partial charge in [-0.2, -0.15) is 0 Å². The molecule has 2 aliphatic heterocycles. The monoisotopic (exact) mass is 457 g/mol. The molecule has 5 rings (SSSR count). The number of fused-ring (bicyclic) bond motifs is 4. The Bertz CT molecular complexity index is 1270. The molecule has 3 aromatic rings. The number of amides is 1. The third-order valence-corrected chi connectivity index (χ3v) is 6.99. The van der Waals surface area contributed by atoms with Gasteiger partial charge in [0, 0.05) is 16.9 Å². The fourth-order valence-electron chi connectivity index (χ4n) is 5.07. The van der Waals surface area contributed by atoms with E-state index in [0.29, 0.717) is 5.11 Å². The van der Waals surface area contributed by atoms with Gasteiger partial charge in [-0.25, -0.2) is 0 Å². The van der Waals surface area contributed by atoms with Crippen LogP contribution < -0.4 is 20.3 Å². The molecule has 3 atom stereocenters. The van der Waals surface area contributed by atoms with Gasteiger partial charge in [0.2, 0.25) is 5.91 Å². The normalized spacial score (nSPS) is 23.3. The van der Waals surface area contributed by atoms with Gasteiger partial charge in [-0.15, -0.1) is 0 Å². The van der Waals surface area contributed by atoms with E-state index in [1.54, 1.807) is 0 Å². The zero-order valence-corrected chi connectivity index (χ0v) is 20.0. The second-order valence-electron chi connectivity index (χ2n) is 9.03. The van der Waals surface area contributed by atoms with Crippen molar-refractivity contribution in [2.24, 2.45) is 5.92 Å². The maximum Gasteiger partial charge on any atom is 0.236 e. The second-order valence-corrected chi connectivity index (χ2v) is 9.42. The minimum Gasteiger partial charge on any atom is -0.467 e. The van der Waals surface area contributed by atoms with Crippen molar-refractivity contribution in [3.8, 4) is 5.75 Å². The molecule has 33 heavy (non-hydrogen) atoms. The van der Waals surface area contributed by atoms with Crippen LogP contribution in [0.15, 0.2) is 66.7 Å². The Morgan fingerprint density at radius 3 is 2.52 bits per heavy atom. The molecule has 0 radical (unpaired) electrons. The molecule has 1 amide bonds. The van der Waals surface area contributed by atoms with Gasteiger partial charge in [0.15, 0.2) is 10.8 Å². The second kappa shape index (κ2) is 7.89. The molecule has 168 valence electrons. The lowest BCUT2D eigenvalue weighted by atomic mass is 9.78. The van der Waals surface area contributed by atoms with Crippen LogP contribution in [0, 0.1) is 26.7 Å². The number of carbonyl (C=O) groups excluding carboxylic acids is 1. The molecule has 1 fully saturated rings. The first kappa shape index (κ1) is 21.5. The van der Waals surface area contributed by atoms with Gasteiger partial charge < -0.3 is 15.4 Å². The van der Waals surface area contributed by atoms with Gasteiger partial charge in [-0.1, -0.05) is 54.1 Å². The van der Waals surface area contributed by atoms with Crippen LogP contribution >= 0.6 is 12.2 Å². The Kier molecular flexibility index (Phi) is 5.13. The third-order valence-electron chi connectivity index (χ3n) is 6.69. The van der Waals surface area contributed by atoms with Crippen LogP contribution in [0.2, 0.25) is 0 Å². The van der Waals surface area contributed by atoms with Crippen molar-refractivity contribution in [1.82, 2.24) is 5.32 Å². The van der Waals surface area contributed by atoms with Gasteiger partial charge >= 0.3 is 0 Å². The summed E-state index contributed by atoms with van der Waals surface area (Å²) < 4.78 is 6.64. The Morgan fingerprint density at radius 2 is 1.76 bits per heavy atom. The van der Waals surface area contributed by atoms with E-state index < -0.39 is 11.6 Å². The number of thiocarbonyl (C=S) groups is 1. The molecular weight excluding hydrogens is 430 g/mol. The fraction of sp³-hybridized carbons (Fsp3) is 0.259. The highest BCUT2D eigenvalue weighted by Gasteiger charge is 2.59. The van der Waals surface area contributed by atoms with Crippen molar-refractivity contribution < 1.29 is 9.53 Å². The Hall–Kier alpha value is -3.38. The Morgan fingerprint density at radius 1 is 1.03 bits per heavy atom. The van der Waals surface area contributed by atoms with E-state index >= 15 is 0 Å². The first-order chi connectivity index (χ1) is 15.8. The Balaban J connectivity index is 1.63. The lowest BCUT2D eigenvalue weighted by Gasteiger charge is -2.56. The summed E-state index contributed by atoms with van der Waals surface area (Å²) in [5, 5.41) is 7.17. The molecule has 3 unspecified atom stereocenters. The summed E-state index contributed by atoms with van der Waals surface area (Å²) in [5.41, 5.74) is 4.86. The number of carbonyl (C=O) groups is 1. The molecule has 0 spiro atoms. The minimum absolute atomic E-state index is 0.113. The van der Waals surface area contributed by atoms with Crippen molar-refractivity contribution in [2.75, 3.05) is 10.2 Å². The number of nitrogens with one attached hydrogen (secondary N) is 2. The summed E-state index contributed by atoms with van der Waals surface area (Å²) >= 11 is 5.83. The lowest BCUT2D eigenvalue weighted by molar-refractivity contribution is -0.130. The minimum atomic E-state index is -1.02. The first-order valence-corrected chi connectivity index (χ1v) is 11.5. The van der Waals surface area contributed by atoms with Crippen LogP contribution in [-0.4, -0.2) is 16.7 Å². The van der Waals surface area contributed by atoms with E-state index in [1.807, 2.05) is 93.3 Å². The van der Waals surface area contributed by atoms with E-state index in [1.165, 1.54) is 0 Å². The molecule has 2 aliphatic rings. The van der Waals surface area contributed by atoms with Crippen LogP contribution in [0.5, 0.6) is 5.75 Å². The van der Waals surface area contributed by atoms with Crippen LogP contribution in [0.1, 0.15) is 35.2 Å². The summed E-state index contributed by atoms with van der Waals surface area (Å²) in [5.74, 6) is 0.0890. The molecule has 0 aliphatic carbocycles. The fourth-order valence-corrected chi connectivity index (χ4v) is 5.48. The summed E-state index contributed by atoms with van der Waals surface area (Å²) in [4.78, 5) is 15.9. The van der Waals surface area contributed by atoms with Crippen molar-refractivity contribution >= 4 is 34.6 Å². The summed E-state index contributed by atoms with van der Waals surface area (Å²) in [6.07, 6.45) is 0. The SMILES string of the molecule is Cc1ccc(NC(=O)C2C3NC(=S)N(c4ccccc4C)C2(C)Oc2ccccc23)c(C)c1. The van der Waals surface area contributed by atoms with Gasteiger partial charge in [-0.3, -0.25) is 9.69 Å². The van der Waals surface area contributed by atoms with Crippen molar-refractivity contribution in [3.05, 3.63) is 89.0 Å². The molecule has 1 saturated heterocycles. The maximum atomic E-state index is 13.9. The highest BCUT2D eigenvalue weighted by molar-refractivity contribution is 7.80. The molecule has 2 N–H and O–H groups in total. The number of benzene rings is 3. The molecular formula is C27H27N3O2S. The molecule has 0 aromatic heterocycles. The van der Waals surface area contributed by atoms with E-state index in [4.69, 9.17) is 17.0 Å². The summed E-state index contributed by atoms with van der Waals surface area (Å²) in [7, 11) is 0. The molecule has 6 heteroatoms. The largest absolute Gasteiger partial charge is 0.467 e. The summed E-state index contributed by atoms with van der Waals surface area (Å²) in [6.45, 7) is 8.04. The third kappa shape index (κ3) is 3.45. The van der Waals surface area contributed by atoms with Crippen LogP contribution in [0.4, 0.5) is 11.4 Å². The predicted molar refractivity (Wildman–Crippen MR) is 136 cm³/mol. The van der Waals surface area contributed by atoms with E-state index in [0.717, 1.165) is 39.4 Å². The van der Waals surface area contributed by atoms with Gasteiger partial charge in [0.25, 0.3) is 0 Å². The maximum absolute atomic E-state index is 13.9. The highest BCUT2D eigenvalue weighted by atomic mass is 32.1. The first-order valence-electron chi connectivity index (χ1n) is 11.1. The van der Waals surface area contributed by atoms with E-state index in [2.05, 4.69) is 16.7 Å². The number of rotatable bonds is 3. The molecule has 0 saturated carbocycles. The zero-order chi connectivity index (χ0) is 23.3. The van der Waals surface area contributed by atoms with Crippen molar-refractivity contribution in [2.45, 2.75) is 39.5 Å². The van der Waals surface area contributed by atoms with Gasteiger partial charge in [0.05, 0.1) is 6.04 Å². The number of hydrogen-bond donors (Lipinski definition) is 2. The number of ether oxygens (including phenoxy) is 1. The van der Waals surface area contributed by atoms with E-state index in [9.17, 15) is 4.79 Å². The Labute approximate surface area is 199 Å². The van der Waals surface area contributed by atoms with Crippen LogP contribution in [0.3, 0.4) is 0 Å². The predicted octanol–water partition coefficient (Wildman–Crippen LogP) is 5.41. The molecule has 2 heterocycles.